The number of fused-ring (bicyclic) bond motifs is 1. The number of piperidine rings is 1. The maximum absolute atomic E-state index is 13.3. The highest BCUT2D eigenvalue weighted by Crippen LogP contribution is 2.28. The standard InChI is InChI=1S/C21H25F3N2O5/c1-12(2)10-15(20(29)26-9-3-4-17-18(26)16(27)11-30-17)25-19(28)13-5-7-14(8-6-13)31-21(22,23)24/h5-8,12,15,17-18H,3-4,9-11H2,1-2H3,(H,25,28). The number of hydrogen-bond donors (Lipinski definition) is 1. The molecular weight excluding hydrogens is 417 g/mol. The van der Waals surface area contributed by atoms with Gasteiger partial charge < -0.3 is 19.7 Å². The number of nitrogens with one attached hydrogen (secondary N) is 1. The first-order valence-corrected chi connectivity index (χ1v) is 10.2. The number of carbonyl (C=O) groups is 3. The van der Waals surface area contributed by atoms with Gasteiger partial charge in [-0.15, -0.1) is 13.2 Å². The summed E-state index contributed by atoms with van der Waals surface area (Å²) in [5, 5.41) is 2.68. The van der Waals surface area contributed by atoms with Gasteiger partial charge in [0.05, 0.1) is 6.10 Å². The number of benzene rings is 1. The topological polar surface area (TPSA) is 84.9 Å². The zero-order valence-electron chi connectivity index (χ0n) is 17.3. The number of likely N-dealkylation sites (tertiary alicyclic amines) is 1. The molecule has 2 aliphatic rings. The molecule has 7 nitrogen and oxygen atoms in total. The van der Waals surface area contributed by atoms with Gasteiger partial charge >= 0.3 is 6.36 Å². The van der Waals surface area contributed by atoms with E-state index in [9.17, 15) is 27.6 Å². The van der Waals surface area contributed by atoms with E-state index in [0.29, 0.717) is 25.8 Å². The molecule has 3 atom stereocenters. The first-order valence-electron chi connectivity index (χ1n) is 10.2. The van der Waals surface area contributed by atoms with Gasteiger partial charge in [0.15, 0.2) is 5.78 Å². The van der Waals surface area contributed by atoms with Crippen molar-refractivity contribution in [2.24, 2.45) is 5.92 Å². The average Bonchev–Trinajstić information content (AvgIpc) is 3.07. The van der Waals surface area contributed by atoms with Crippen LogP contribution in [0.25, 0.3) is 0 Å². The number of ketones is 1. The van der Waals surface area contributed by atoms with Crippen molar-refractivity contribution in [3.05, 3.63) is 29.8 Å². The number of amides is 2. The van der Waals surface area contributed by atoms with Crippen LogP contribution in [0.15, 0.2) is 24.3 Å². The third-order valence-electron chi connectivity index (χ3n) is 5.29. The van der Waals surface area contributed by atoms with Crippen LogP contribution in [0.1, 0.15) is 43.5 Å². The molecule has 2 fully saturated rings. The van der Waals surface area contributed by atoms with E-state index >= 15 is 0 Å². The number of ether oxygens (including phenoxy) is 2. The fourth-order valence-corrected chi connectivity index (χ4v) is 3.98. The summed E-state index contributed by atoms with van der Waals surface area (Å²) in [5.74, 6) is -1.47. The summed E-state index contributed by atoms with van der Waals surface area (Å²) >= 11 is 0. The van der Waals surface area contributed by atoms with Crippen molar-refractivity contribution < 1.29 is 37.0 Å². The molecule has 3 unspecified atom stereocenters. The van der Waals surface area contributed by atoms with Gasteiger partial charge in [-0.1, -0.05) is 13.8 Å². The molecule has 1 aromatic rings. The van der Waals surface area contributed by atoms with Gasteiger partial charge in [0.25, 0.3) is 5.91 Å². The molecule has 1 N–H and O–H groups in total. The van der Waals surface area contributed by atoms with E-state index in [2.05, 4.69) is 10.1 Å². The van der Waals surface area contributed by atoms with Crippen molar-refractivity contribution in [3.8, 4) is 5.75 Å². The minimum atomic E-state index is -4.83. The molecule has 3 rings (SSSR count). The van der Waals surface area contributed by atoms with Crippen molar-refractivity contribution in [1.82, 2.24) is 10.2 Å². The van der Waals surface area contributed by atoms with Gasteiger partial charge in [-0.3, -0.25) is 14.4 Å². The minimum Gasteiger partial charge on any atom is -0.406 e. The first kappa shape index (κ1) is 23.1. The first-order chi connectivity index (χ1) is 14.5. The van der Waals surface area contributed by atoms with E-state index in [1.54, 1.807) is 0 Å². The van der Waals surface area contributed by atoms with Crippen LogP contribution in [-0.2, 0) is 14.3 Å². The number of carbonyl (C=O) groups excluding carboxylic acids is 3. The molecule has 10 heteroatoms. The maximum atomic E-state index is 13.3. The SMILES string of the molecule is CC(C)CC(NC(=O)c1ccc(OC(F)(F)F)cc1)C(=O)N1CCCC2OCC(=O)C21. The molecule has 0 bridgehead atoms. The molecular formula is C21H25F3N2O5. The van der Waals surface area contributed by atoms with Crippen LogP contribution < -0.4 is 10.1 Å². The molecule has 0 aromatic heterocycles. The van der Waals surface area contributed by atoms with Crippen LogP contribution in [0.4, 0.5) is 13.2 Å². The molecule has 0 spiro atoms. The Labute approximate surface area is 177 Å². The minimum absolute atomic E-state index is 0.0212. The van der Waals surface area contributed by atoms with E-state index in [0.717, 1.165) is 12.1 Å². The molecule has 170 valence electrons. The van der Waals surface area contributed by atoms with Crippen molar-refractivity contribution in [2.45, 2.75) is 57.7 Å². The molecule has 2 aliphatic heterocycles. The molecule has 31 heavy (non-hydrogen) atoms. The molecule has 2 heterocycles. The van der Waals surface area contributed by atoms with Crippen LogP contribution in [0, 0.1) is 5.92 Å². The van der Waals surface area contributed by atoms with E-state index in [-0.39, 0.29) is 35.9 Å². The summed E-state index contributed by atoms with van der Waals surface area (Å²) in [4.78, 5) is 39.7. The fourth-order valence-electron chi connectivity index (χ4n) is 3.98. The molecule has 0 radical (unpaired) electrons. The predicted octanol–water partition coefficient (Wildman–Crippen LogP) is 2.69. The van der Waals surface area contributed by atoms with Gasteiger partial charge in [0.1, 0.15) is 24.4 Å². The summed E-state index contributed by atoms with van der Waals surface area (Å²) in [7, 11) is 0. The molecule has 0 saturated carbocycles. The van der Waals surface area contributed by atoms with Crippen molar-refractivity contribution in [1.29, 1.82) is 0 Å². The number of Topliss-reactive ketones (excluding diaryl/α,β-unsaturated/α-hetero) is 1. The van der Waals surface area contributed by atoms with Crippen LogP contribution >= 0.6 is 0 Å². The molecule has 1 aromatic carbocycles. The normalized spacial score (nSPS) is 22.3. The third kappa shape index (κ3) is 5.75. The number of nitrogens with zero attached hydrogens (tertiary/aromatic N) is 1. The van der Waals surface area contributed by atoms with Crippen LogP contribution in [0.5, 0.6) is 5.75 Å². The highest BCUT2D eigenvalue weighted by Gasteiger charge is 2.45. The summed E-state index contributed by atoms with van der Waals surface area (Å²) in [6.45, 7) is 4.19. The quantitative estimate of drug-likeness (QED) is 0.732. The maximum Gasteiger partial charge on any atom is 0.573 e. The number of halogens is 3. The van der Waals surface area contributed by atoms with E-state index < -0.39 is 30.1 Å². The Balaban J connectivity index is 1.72. The summed E-state index contributed by atoms with van der Waals surface area (Å²) in [6, 6.07) is 2.95. The Hall–Kier alpha value is -2.62. The summed E-state index contributed by atoms with van der Waals surface area (Å²) < 4.78 is 46.2. The van der Waals surface area contributed by atoms with Crippen LogP contribution in [0.2, 0.25) is 0 Å². The van der Waals surface area contributed by atoms with Gasteiger partial charge in [0.2, 0.25) is 5.91 Å². The van der Waals surface area contributed by atoms with Gasteiger partial charge in [-0.05, 0) is 49.4 Å². The molecule has 2 amide bonds. The van der Waals surface area contributed by atoms with Crippen LogP contribution in [0.3, 0.4) is 0 Å². The molecule has 0 aliphatic carbocycles. The highest BCUT2D eigenvalue weighted by molar-refractivity contribution is 5.99. The van der Waals surface area contributed by atoms with Crippen molar-refractivity contribution in [3.63, 3.8) is 0 Å². The van der Waals surface area contributed by atoms with E-state index in [4.69, 9.17) is 4.74 Å². The Morgan fingerprint density at radius 2 is 1.94 bits per heavy atom. The lowest BCUT2D eigenvalue weighted by molar-refractivity contribution is -0.274. The Bertz CT molecular complexity index is 825. The van der Waals surface area contributed by atoms with Crippen LogP contribution in [-0.4, -0.2) is 60.2 Å². The summed E-state index contributed by atoms with van der Waals surface area (Å²) in [5.41, 5.74) is 0.0906. The van der Waals surface area contributed by atoms with E-state index in [1.807, 2.05) is 13.8 Å². The second-order valence-corrected chi connectivity index (χ2v) is 8.16. The third-order valence-corrected chi connectivity index (χ3v) is 5.29. The Kier molecular flexibility index (Phi) is 6.88. The molecule has 2 saturated heterocycles. The number of hydrogen-bond acceptors (Lipinski definition) is 5. The Morgan fingerprint density at radius 1 is 1.26 bits per heavy atom. The van der Waals surface area contributed by atoms with Crippen molar-refractivity contribution >= 4 is 17.6 Å². The van der Waals surface area contributed by atoms with Gasteiger partial charge in [-0.25, -0.2) is 0 Å². The smallest absolute Gasteiger partial charge is 0.406 e. The lowest BCUT2D eigenvalue weighted by Gasteiger charge is -2.37. The average molecular weight is 442 g/mol. The highest BCUT2D eigenvalue weighted by atomic mass is 19.4. The number of alkyl halides is 3. The fraction of sp³-hybridized carbons (Fsp3) is 0.571. The van der Waals surface area contributed by atoms with Crippen molar-refractivity contribution in [2.75, 3.05) is 13.2 Å². The second kappa shape index (κ2) is 9.25. The lowest BCUT2D eigenvalue weighted by atomic mass is 9.95. The zero-order valence-corrected chi connectivity index (χ0v) is 17.3. The largest absolute Gasteiger partial charge is 0.573 e. The second-order valence-electron chi connectivity index (χ2n) is 8.16. The van der Waals surface area contributed by atoms with Gasteiger partial charge in [-0.2, -0.15) is 0 Å². The number of rotatable bonds is 6. The monoisotopic (exact) mass is 442 g/mol. The lowest BCUT2D eigenvalue weighted by Crippen LogP contribution is -2.58. The summed E-state index contributed by atoms with van der Waals surface area (Å²) in [6.07, 6.45) is -3.40. The predicted molar refractivity (Wildman–Crippen MR) is 103 cm³/mol. The Morgan fingerprint density at radius 3 is 2.55 bits per heavy atom. The zero-order chi connectivity index (χ0) is 22.8. The van der Waals surface area contributed by atoms with E-state index in [1.165, 1.54) is 17.0 Å². The van der Waals surface area contributed by atoms with Gasteiger partial charge in [0, 0.05) is 12.1 Å².